The molecule has 3 N–H and O–H groups in total. The summed E-state index contributed by atoms with van der Waals surface area (Å²) in [5.41, 5.74) is 6.49. The minimum absolute atomic E-state index is 0.155. The van der Waals surface area contributed by atoms with Crippen molar-refractivity contribution in [1.82, 2.24) is 4.90 Å². The summed E-state index contributed by atoms with van der Waals surface area (Å²) in [5.74, 6) is 0.589. The predicted molar refractivity (Wildman–Crippen MR) is 82.0 cm³/mol. The van der Waals surface area contributed by atoms with Gasteiger partial charge in [-0.05, 0) is 32.6 Å². The fraction of sp³-hybridized carbons (Fsp3) is 0.533. The minimum Gasteiger partial charge on any atom is -0.492 e. The van der Waals surface area contributed by atoms with E-state index in [0.717, 1.165) is 18.7 Å². The van der Waals surface area contributed by atoms with Crippen LogP contribution in [0, 0.1) is 0 Å². The summed E-state index contributed by atoms with van der Waals surface area (Å²) >= 11 is 0. The number of rotatable bonds is 8. The lowest BCUT2D eigenvalue weighted by Gasteiger charge is -2.13. The molecule has 0 unspecified atom stereocenters. The van der Waals surface area contributed by atoms with Crippen molar-refractivity contribution in [3.63, 3.8) is 0 Å². The number of carbonyl (C=O) groups excluding carboxylic acids is 1. The molecule has 5 nitrogen and oxygen atoms in total. The molecule has 1 aromatic carbocycles. The maximum atomic E-state index is 11.8. The van der Waals surface area contributed by atoms with Crippen LogP contribution < -0.4 is 15.8 Å². The lowest BCUT2D eigenvalue weighted by molar-refractivity contribution is -0.117. The Hall–Kier alpha value is -1.59. The van der Waals surface area contributed by atoms with E-state index in [1.807, 2.05) is 45.3 Å². The van der Waals surface area contributed by atoms with Gasteiger partial charge in [0.2, 0.25) is 5.91 Å². The zero-order valence-corrected chi connectivity index (χ0v) is 12.6. The second kappa shape index (κ2) is 8.55. The molecule has 0 fully saturated rings. The van der Waals surface area contributed by atoms with Crippen LogP contribution in [0.25, 0.3) is 0 Å². The molecular weight excluding hydrogens is 254 g/mol. The van der Waals surface area contributed by atoms with Crippen molar-refractivity contribution >= 4 is 11.6 Å². The van der Waals surface area contributed by atoms with E-state index < -0.39 is 6.04 Å². The molecule has 5 heteroatoms. The first kappa shape index (κ1) is 16.5. The summed E-state index contributed by atoms with van der Waals surface area (Å²) in [5, 5.41) is 2.81. The van der Waals surface area contributed by atoms with Crippen molar-refractivity contribution in [3.8, 4) is 5.75 Å². The summed E-state index contributed by atoms with van der Waals surface area (Å²) in [4.78, 5) is 13.9. The van der Waals surface area contributed by atoms with Crippen LogP contribution in [-0.4, -0.2) is 44.1 Å². The Morgan fingerprint density at radius 3 is 2.85 bits per heavy atom. The molecule has 112 valence electrons. The van der Waals surface area contributed by atoms with E-state index in [9.17, 15) is 4.79 Å². The van der Waals surface area contributed by atoms with Crippen molar-refractivity contribution in [2.24, 2.45) is 5.73 Å². The van der Waals surface area contributed by atoms with Gasteiger partial charge in [-0.3, -0.25) is 4.79 Å². The fourth-order valence-corrected chi connectivity index (χ4v) is 1.69. The molecule has 1 atom stereocenters. The number of ether oxygens (including phenoxy) is 1. The Balaban J connectivity index is 2.52. The van der Waals surface area contributed by atoms with E-state index in [1.54, 1.807) is 0 Å². The van der Waals surface area contributed by atoms with Crippen LogP contribution in [0.3, 0.4) is 0 Å². The van der Waals surface area contributed by atoms with Crippen LogP contribution >= 0.6 is 0 Å². The number of nitrogens with one attached hydrogen (secondary N) is 1. The lowest BCUT2D eigenvalue weighted by Crippen LogP contribution is -2.35. The van der Waals surface area contributed by atoms with Crippen LogP contribution in [0.4, 0.5) is 5.69 Å². The van der Waals surface area contributed by atoms with Crippen LogP contribution in [0.15, 0.2) is 24.3 Å². The topological polar surface area (TPSA) is 67.6 Å². The van der Waals surface area contributed by atoms with Gasteiger partial charge in [0, 0.05) is 18.3 Å². The average Bonchev–Trinajstić information content (AvgIpc) is 2.39. The number of amides is 1. The second-order valence-corrected chi connectivity index (χ2v) is 5.06. The highest BCUT2D eigenvalue weighted by molar-refractivity contribution is 5.94. The lowest BCUT2D eigenvalue weighted by atomic mass is 10.1. The van der Waals surface area contributed by atoms with Gasteiger partial charge in [0.25, 0.3) is 0 Å². The van der Waals surface area contributed by atoms with Gasteiger partial charge in [-0.25, -0.2) is 0 Å². The third-order valence-electron chi connectivity index (χ3n) is 2.85. The molecule has 0 bridgehead atoms. The Kier molecular flexibility index (Phi) is 7.04. The molecule has 1 amide bonds. The zero-order chi connectivity index (χ0) is 15.0. The summed E-state index contributed by atoms with van der Waals surface area (Å²) in [6.45, 7) is 3.46. The molecule has 0 radical (unpaired) electrons. The van der Waals surface area contributed by atoms with Gasteiger partial charge >= 0.3 is 0 Å². The quantitative estimate of drug-likeness (QED) is 0.760. The van der Waals surface area contributed by atoms with E-state index in [-0.39, 0.29) is 5.91 Å². The number of carbonyl (C=O) groups is 1. The van der Waals surface area contributed by atoms with Gasteiger partial charge in [-0.15, -0.1) is 0 Å². The Bertz CT molecular complexity index is 421. The van der Waals surface area contributed by atoms with Gasteiger partial charge < -0.3 is 20.7 Å². The van der Waals surface area contributed by atoms with Gasteiger partial charge in [-0.1, -0.05) is 19.4 Å². The average molecular weight is 279 g/mol. The Morgan fingerprint density at radius 1 is 1.45 bits per heavy atom. The third kappa shape index (κ3) is 6.04. The first-order valence-corrected chi connectivity index (χ1v) is 6.97. The van der Waals surface area contributed by atoms with E-state index >= 15 is 0 Å². The Labute approximate surface area is 121 Å². The maximum Gasteiger partial charge on any atom is 0.241 e. The van der Waals surface area contributed by atoms with Crippen molar-refractivity contribution < 1.29 is 9.53 Å². The predicted octanol–water partition coefficient (Wildman–Crippen LogP) is 1.69. The van der Waals surface area contributed by atoms with Crippen molar-refractivity contribution in [2.45, 2.75) is 25.8 Å². The number of hydrogen-bond acceptors (Lipinski definition) is 4. The van der Waals surface area contributed by atoms with Gasteiger partial charge in [0.1, 0.15) is 12.4 Å². The number of benzene rings is 1. The molecule has 0 saturated heterocycles. The number of anilines is 1. The number of nitrogens with two attached hydrogens (primary N) is 1. The standard InChI is InChI=1S/C15H25N3O2/c1-4-6-14(16)15(19)17-12-7-5-8-13(11-12)20-10-9-18(2)3/h5,7-8,11,14H,4,6,9-10,16H2,1-3H3,(H,17,19)/t14-/m1/s1. The van der Waals surface area contributed by atoms with Gasteiger partial charge in [-0.2, -0.15) is 0 Å². The van der Waals surface area contributed by atoms with Crippen LogP contribution in [0.1, 0.15) is 19.8 Å². The highest BCUT2D eigenvalue weighted by Gasteiger charge is 2.12. The largest absolute Gasteiger partial charge is 0.492 e. The van der Waals surface area contributed by atoms with Crippen molar-refractivity contribution in [2.75, 3.05) is 32.6 Å². The second-order valence-electron chi connectivity index (χ2n) is 5.06. The van der Waals surface area contributed by atoms with E-state index in [2.05, 4.69) is 10.2 Å². The molecule has 0 saturated carbocycles. The van der Waals surface area contributed by atoms with E-state index in [0.29, 0.717) is 18.7 Å². The van der Waals surface area contributed by atoms with Crippen LogP contribution in [-0.2, 0) is 4.79 Å². The molecule has 0 heterocycles. The normalized spacial score (nSPS) is 12.2. The minimum atomic E-state index is -0.460. The molecule has 1 rings (SSSR count). The molecule has 1 aromatic rings. The van der Waals surface area contributed by atoms with Crippen LogP contribution in [0.2, 0.25) is 0 Å². The molecule has 0 aliphatic heterocycles. The first-order valence-electron chi connectivity index (χ1n) is 6.97. The van der Waals surface area contributed by atoms with Crippen LogP contribution in [0.5, 0.6) is 5.75 Å². The summed E-state index contributed by atoms with van der Waals surface area (Å²) in [6, 6.07) is 6.91. The monoisotopic (exact) mass is 279 g/mol. The third-order valence-corrected chi connectivity index (χ3v) is 2.85. The number of nitrogens with zero attached hydrogens (tertiary/aromatic N) is 1. The number of likely N-dealkylation sites (N-methyl/N-ethyl adjacent to an activating group) is 1. The first-order chi connectivity index (χ1) is 9.52. The van der Waals surface area contributed by atoms with Gasteiger partial charge in [0.15, 0.2) is 0 Å². The highest BCUT2D eigenvalue weighted by Crippen LogP contribution is 2.17. The summed E-state index contributed by atoms with van der Waals surface area (Å²) in [7, 11) is 3.99. The maximum absolute atomic E-state index is 11.8. The van der Waals surface area contributed by atoms with Crippen molar-refractivity contribution in [1.29, 1.82) is 0 Å². The zero-order valence-electron chi connectivity index (χ0n) is 12.6. The Morgan fingerprint density at radius 2 is 2.20 bits per heavy atom. The molecule has 0 aromatic heterocycles. The SMILES string of the molecule is CCC[C@@H](N)C(=O)Nc1cccc(OCCN(C)C)c1. The highest BCUT2D eigenvalue weighted by atomic mass is 16.5. The van der Waals surface area contributed by atoms with E-state index in [1.165, 1.54) is 0 Å². The smallest absolute Gasteiger partial charge is 0.241 e. The summed E-state index contributed by atoms with van der Waals surface area (Å²) < 4.78 is 5.62. The molecular formula is C15H25N3O2. The summed E-state index contributed by atoms with van der Waals surface area (Å²) in [6.07, 6.45) is 1.58. The van der Waals surface area contributed by atoms with Gasteiger partial charge in [0.05, 0.1) is 6.04 Å². The fourth-order valence-electron chi connectivity index (χ4n) is 1.69. The molecule has 0 aliphatic carbocycles. The molecule has 20 heavy (non-hydrogen) atoms. The molecule has 0 spiro atoms. The molecule has 0 aliphatic rings. The van der Waals surface area contributed by atoms with Crippen molar-refractivity contribution in [3.05, 3.63) is 24.3 Å². The van der Waals surface area contributed by atoms with E-state index in [4.69, 9.17) is 10.5 Å². The number of hydrogen-bond donors (Lipinski definition) is 2.